The molecule has 2 aromatic rings. The Morgan fingerprint density at radius 3 is 2.22 bits per heavy atom. The molecule has 0 saturated carbocycles. The van der Waals surface area contributed by atoms with Crippen LogP contribution in [0.3, 0.4) is 0 Å². The van der Waals surface area contributed by atoms with Gasteiger partial charge in [-0.1, -0.05) is 60.7 Å². The van der Waals surface area contributed by atoms with E-state index < -0.39 is 12.1 Å². The highest BCUT2D eigenvalue weighted by Gasteiger charge is 2.40. The quantitative estimate of drug-likeness (QED) is 0.819. The van der Waals surface area contributed by atoms with Gasteiger partial charge in [0.05, 0.1) is 13.2 Å². The summed E-state index contributed by atoms with van der Waals surface area (Å²) in [5.41, 5.74) is 2.08. The molecule has 0 aliphatic carbocycles. The van der Waals surface area contributed by atoms with E-state index in [0.717, 1.165) is 11.1 Å². The zero-order chi connectivity index (χ0) is 19.2. The van der Waals surface area contributed by atoms with E-state index >= 15 is 0 Å². The van der Waals surface area contributed by atoms with Crippen molar-refractivity contribution in [1.29, 1.82) is 0 Å². The number of methoxy groups -OCH3 is 1. The van der Waals surface area contributed by atoms with Crippen molar-refractivity contribution in [2.75, 3.05) is 14.2 Å². The van der Waals surface area contributed by atoms with Gasteiger partial charge in [-0.05, 0) is 24.6 Å². The van der Waals surface area contributed by atoms with Crippen LogP contribution in [0.2, 0.25) is 0 Å². The molecule has 27 heavy (non-hydrogen) atoms. The Morgan fingerprint density at radius 2 is 1.67 bits per heavy atom. The average molecular weight is 364 g/mol. The van der Waals surface area contributed by atoms with Crippen LogP contribution in [0.25, 0.3) is 0 Å². The molecule has 1 heterocycles. The van der Waals surface area contributed by atoms with Gasteiger partial charge in [0, 0.05) is 12.5 Å². The van der Waals surface area contributed by atoms with Crippen LogP contribution in [0.5, 0.6) is 0 Å². The first-order valence-electron chi connectivity index (χ1n) is 9.01. The number of carbonyl (C=O) groups excluding carboxylic acids is 2. The van der Waals surface area contributed by atoms with Crippen molar-refractivity contribution in [3.05, 3.63) is 83.6 Å². The van der Waals surface area contributed by atoms with Crippen LogP contribution >= 0.6 is 0 Å². The monoisotopic (exact) mass is 364 g/mol. The second-order valence-electron chi connectivity index (χ2n) is 6.53. The van der Waals surface area contributed by atoms with Gasteiger partial charge >= 0.3 is 0 Å². The highest BCUT2D eigenvalue weighted by molar-refractivity contribution is 6.05. The average Bonchev–Trinajstić information content (AvgIpc) is 3.02. The maximum Gasteiger partial charge on any atom is 0.257 e. The molecular weight excluding hydrogens is 340 g/mol. The SMILES string of the molecule is CN[C@@H](Cc1ccccc1)C(=O)N1C(=O)C=C(OC)[C@@H]1Cc1ccccc1. The van der Waals surface area contributed by atoms with Crippen molar-refractivity contribution >= 4 is 11.8 Å². The second-order valence-corrected chi connectivity index (χ2v) is 6.53. The lowest BCUT2D eigenvalue weighted by molar-refractivity contribution is -0.144. The van der Waals surface area contributed by atoms with Gasteiger partial charge in [0.15, 0.2) is 0 Å². The smallest absolute Gasteiger partial charge is 0.257 e. The number of nitrogens with zero attached hydrogens (tertiary/aromatic N) is 1. The van der Waals surface area contributed by atoms with Gasteiger partial charge in [0.1, 0.15) is 11.8 Å². The number of ether oxygens (including phenoxy) is 1. The molecule has 0 bridgehead atoms. The zero-order valence-corrected chi connectivity index (χ0v) is 15.6. The number of rotatable bonds is 7. The predicted molar refractivity (Wildman–Crippen MR) is 104 cm³/mol. The van der Waals surface area contributed by atoms with E-state index in [-0.39, 0.29) is 11.8 Å². The maximum atomic E-state index is 13.2. The Bertz CT molecular complexity index is 818. The van der Waals surface area contributed by atoms with Gasteiger partial charge in [0.25, 0.3) is 5.91 Å². The lowest BCUT2D eigenvalue weighted by Gasteiger charge is -2.28. The molecule has 5 nitrogen and oxygen atoms in total. The van der Waals surface area contributed by atoms with Crippen LogP contribution in [-0.2, 0) is 27.2 Å². The number of benzene rings is 2. The van der Waals surface area contributed by atoms with E-state index in [2.05, 4.69) is 5.32 Å². The predicted octanol–water partition coefficient (Wildman–Crippen LogP) is 2.33. The van der Waals surface area contributed by atoms with Crippen LogP contribution in [0.15, 0.2) is 72.5 Å². The Balaban J connectivity index is 1.82. The highest BCUT2D eigenvalue weighted by Crippen LogP contribution is 2.25. The fourth-order valence-corrected chi connectivity index (χ4v) is 3.39. The summed E-state index contributed by atoms with van der Waals surface area (Å²) in [6.07, 6.45) is 2.46. The summed E-state index contributed by atoms with van der Waals surface area (Å²) in [5.74, 6) is -0.0477. The molecule has 0 radical (unpaired) electrons. The minimum Gasteiger partial charge on any atom is -0.499 e. The summed E-state index contributed by atoms with van der Waals surface area (Å²) in [4.78, 5) is 27.1. The third kappa shape index (κ3) is 4.26. The maximum absolute atomic E-state index is 13.2. The molecule has 3 rings (SSSR count). The van der Waals surface area contributed by atoms with Gasteiger partial charge in [-0.15, -0.1) is 0 Å². The molecule has 0 fully saturated rings. The van der Waals surface area contributed by atoms with Crippen molar-refractivity contribution in [2.24, 2.45) is 0 Å². The van der Waals surface area contributed by atoms with E-state index in [0.29, 0.717) is 18.6 Å². The van der Waals surface area contributed by atoms with E-state index in [1.54, 1.807) is 7.05 Å². The molecule has 0 aromatic heterocycles. The molecule has 2 amide bonds. The fourth-order valence-electron chi connectivity index (χ4n) is 3.39. The topological polar surface area (TPSA) is 58.6 Å². The van der Waals surface area contributed by atoms with Crippen LogP contribution in [0, 0.1) is 0 Å². The third-order valence-electron chi connectivity index (χ3n) is 4.82. The summed E-state index contributed by atoms with van der Waals surface area (Å²) in [6.45, 7) is 0. The van der Waals surface area contributed by atoms with Crippen LogP contribution < -0.4 is 5.32 Å². The molecule has 2 aromatic carbocycles. The van der Waals surface area contributed by atoms with E-state index in [9.17, 15) is 9.59 Å². The first kappa shape index (κ1) is 18.9. The number of likely N-dealkylation sites (N-methyl/N-ethyl adjacent to an activating group) is 1. The number of carbonyl (C=O) groups is 2. The molecule has 5 heteroatoms. The van der Waals surface area contributed by atoms with E-state index in [4.69, 9.17) is 4.74 Å². The number of hydrogen-bond acceptors (Lipinski definition) is 4. The number of amides is 2. The second kappa shape index (κ2) is 8.64. The van der Waals surface area contributed by atoms with Crippen LogP contribution in [0.4, 0.5) is 0 Å². The first-order valence-corrected chi connectivity index (χ1v) is 9.01. The van der Waals surface area contributed by atoms with Crippen molar-refractivity contribution in [3.63, 3.8) is 0 Å². The van der Waals surface area contributed by atoms with Crippen LogP contribution in [-0.4, -0.2) is 43.0 Å². The Morgan fingerprint density at radius 1 is 1.07 bits per heavy atom. The van der Waals surface area contributed by atoms with Gasteiger partial charge in [-0.3, -0.25) is 14.5 Å². The first-order chi connectivity index (χ1) is 13.1. The third-order valence-corrected chi connectivity index (χ3v) is 4.82. The fraction of sp³-hybridized carbons (Fsp3) is 0.273. The van der Waals surface area contributed by atoms with E-state index in [1.165, 1.54) is 18.1 Å². The normalized spacial score (nSPS) is 17.6. The van der Waals surface area contributed by atoms with Crippen LogP contribution in [0.1, 0.15) is 11.1 Å². The molecule has 1 aliphatic rings. The Labute approximate surface area is 159 Å². The Kier molecular flexibility index (Phi) is 6.04. The summed E-state index contributed by atoms with van der Waals surface area (Å²) in [5, 5.41) is 3.06. The summed E-state index contributed by atoms with van der Waals surface area (Å²) in [6, 6.07) is 18.7. The summed E-state index contributed by atoms with van der Waals surface area (Å²) >= 11 is 0. The minimum atomic E-state index is -0.487. The minimum absolute atomic E-state index is 0.240. The molecular formula is C22H24N2O3. The largest absolute Gasteiger partial charge is 0.499 e. The molecule has 0 unspecified atom stereocenters. The zero-order valence-electron chi connectivity index (χ0n) is 15.6. The van der Waals surface area contributed by atoms with Gasteiger partial charge in [-0.25, -0.2) is 0 Å². The summed E-state index contributed by atoms with van der Waals surface area (Å²) < 4.78 is 5.40. The summed E-state index contributed by atoms with van der Waals surface area (Å²) in [7, 11) is 3.27. The molecule has 0 saturated heterocycles. The standard InChI is InChI=1S/C22H24N2O3/c1-23-18(13-16-9-5-3-6-10-16)22(26)24-19(20(27-2)15-21(24)25)14-17-11-7-4-8-12-17/h3-12,15,18-19,23H,13-14H2,1-2H3/t18-,19-/m0/s1. The van der Waals surface area contributed by atoms with E-state index in [1.807, 2.05) is 60.7 Å². The molecule has 1 aliphatic heterocycles. The lowest BCUT2D eigenvalue weighted by atomic mass is 10.0. The molecule has 2 atom stereocenters. The lowest BCUT2D eigenvalue weighted by Crippen LogP contribution is -2.51. The van der Waals surface area contributed by atoms with Crippen molar-refractivity contribution in [2.45, 2.75) is 24.9 Å². The molecule has 140 valence electrons. The number of nitrogens with one attached hydrogen (secondary N) is 1. The number of hydrogen-bond donors (Lipinski definition) is 1. The van der Waals surface area contributed by atoms with Crippen molar-refractivity contribution in [1.82, 2.24) is 10.2 Å². The van der Waals surface area contributed by atoms with Gasteiger partial charge in [0.2, 0.25) is 5.91 Å². The Hall–Kier alpha value is -2.92. The van der Waals surface area contributed by atoms with Gasteiger partial charge in [-0.2, -0.15) is 0 Å². The van der Waals surface area contributed by atoms with Gasteiger partial charge < -0.3 is 10.1 Å². The van der Waals surface area contributed by atoms with Crippen molar-refractivity contribution in [3.8, 4) is 0 Å². The highest BCUT2D eigenvalue weighted by atomic mass is 16.5. The van der Waals surface area contributed by atoms with Crippen molar-refractivity contribution < 1.29 is 14.3 Å². The number of imide groups is 1. The molecule has 1 N–H and O–H groups in total. The molecule has 0 spiro atoms.